The molecule has 0 aliphatic carbocycles. The highest BCUT2D eigenvalue weighted by Gasteiger charge is 2.27. The number of rotatable bonds is 7. The van der Waals surface area contributed by atoms with Gasteiger partial charge in [-0.1, -0.05) is 12.1 Å². The number of halogens is 2. The van der Waals surface area contributed by atoms with E-state index >= 15 is 0 Å². The maximum atomic E-state index is 13.4. The molecule has 2 amide bonds. The van der Waals surface area contributed by atoms with Gasteiger partial charge in [-0.3, -0.25) is 9.59 Å². The van der Waals surface area contributed by atoms with Crippen molar-refractivity contribution in [3.05, 3.63) is 30.1 Å². The van der Waals surface area contributed by atoms with E-state index < -0.39 is 5.82 Å². The van der Waals surface area contributed by atoms with Crippen molar-refractivity contribution in [3.8, 4) is 5.75 Å². The smallest absolute Gasteiger partial charge is 0.226 e. The molecule has 0 saturated carbocycles. The molecule has 6 nitrogen and oxygen atoms in total. The Bertz CT molecular complexity index is 574. The third-order valence-corrected chi connectivity index (χ3v) is 4.00. The number of carbonyl (C=O) groups excluding carboxylic acids is 2. The van der Waals surface area contributed by atoms with E-state index in [0.29, 0.717) is 26.2 Å². The molecule has 0 spiro atoms. The van der Waals surface area contributed by atoms with Crippen LogP contribution in [0.25, 0.3) is 0 Å². The second-order valence-corrected chi connectivity index (χ2v) is 5.79. The molecule has 0 radical (unpaired) electrons. The average molecular weight is 374 g/mol. The Labute approximate surface area is 153 Å². The molecule has 1 aliphatic rings. The molecule has 0 bridgehead atoms. The van der Waals surface area contributed by atoms with Crippen LogP contribution in [0.3, 0.4) is 0 Å². The Hall–Kier alpha value is -1.86. The third-order valence-electron chi connectivity index (χ3n) is 4.00. The van der Waals surface area contributed by atoms with Crippen molar-refractivity contribution < 1.29 is 18.7 Å². The summed E-state index contributed by atoms with van der Waals surface area (Å²) in [5.74, 6) is -0.632. The molecule has 1 heterocycles. The minimum absolute atomic E-state index is 0. The molecule has 1 atom stereocenters. The Morgan fingerprint density at radius 1 is 1.36 bits per heavy atom. The van der Waals surface area contributed by atoms with E-state index in [4.69, 9.17) is 10.5 Å². The molecule has 1 aliphatic heterocycles. The number of nitrogens with zero attached hydrogens (tertiary/aromatic N) is 1. The number of ether oxygens (including phenoxy) is 1. The van der Waals surface area contributed by atoms with Gasteiger partial charge < -0.3 is 20.7 Å². The van der Waals surface area contributed by atoms with Crippen LogP contribution in [0.15, 0.2) is 24.3 Å². The van der Waals surface area contributed by atoms with Gasteiger partial charge in [-0.25, -0.2) is 4.39 Å². The van der Waals surface area contributed by atoms with Crippen molar-refractivity contribution in [1.82, 2.24) is 10.2 Å². The zero-order valence-corrected chi connectivity index (χ0v) is 14.9. The number of hydrogen-bond acceptors (Lipinski definition) is 4. The fourth-order valence-corrected chi connectivity index (χ4v) is 2.73. The molecule has 1 aromatic rings. The zero-order valence-electron chi connectivity index (χ0n) is 14.1. The van der Waals surface area contributed by atoms with Gasteiger partial charge in [-0.05, 0) is 25.0 Å². The number of carbonyl (C=O) groups is 2. The van der Waals surface area contributed by atoms with Gasteiger partial charge >= 0.3 is 0 Å². The van der Waals surface area contributed by atoms with Gasteiger partial charge in [0.15, 0.2) is 11.6 Å². The highest BCUT2D eigenvalue weighted by molar-refractivity contribution is 5.85. The van der Waals surface area contributed by atoms with Crippen molar-refractivity contribution in [1.29, 1.82) is 0 Å². The fourth-order valence-electron chi connectivity index (χ4n) is 2.73. The fraction of sp³-hybridized carbons (Fsp3) is 0.529. The van der Waals surface area contributed by atoms with Crippen LogP contribution in [0.1, 0.15) is 19.3 Å². The number of piperidine rings is 1. The number of likely N-dealkylation sites (tertiary alicyclic amines) is 1. The Balaban J connectivity index is 0.00000312. The standard InChI is InChI=1S/C17H24FN3O3.ClH/c18-14-5-1-2-6-15(14)24-11-7-16(22)21-10-3-4-13(12-21)17(23)20-9-8-19;/h1-2,5-6,13H,3-4,7-12,19H2,(H,20,23);1H. The lowest BCUT2D eigenvalue weighted by atomic mass is 9.97. The summed E-state index contributed by atoms with van der Waals surface area (Å²) in [7, 11) is 0. The van der Waals surface area contributed by atoms with Crippen LogP contribution < -0.4 is 15.8 Å². The molecular weight excluding hydrogens is 349 g/mol. The Morgan fingerprint density at radius 2 is 2.12 bits per heavy atom. The maximum absolute atomic E-state index is 13.4. The highest BCUT2D eigenvalue weighted by Crippen LogP contribution is 2.18. The van der Waals surface area contributed by atoms with Crippen LogP contribution in [-0.4, -0.2) is 49.5 Å². The quantitative estimate of drug-likeness (QED) is 0.755. The Kier molecular flexibility index (Phi) is 9.23. The summed E-state index contributed by atoms with van der Waals surface area (Å²) in [6, 6.07) is 6.09. The van der Waals surface area contributed by atoms with Gasteiger partial charge in [0.05, 0.1) is 18.9 Å². The summed E-state index contributed by atoms with van der Waals surface area (Å²) in [5, 5.41) is 2.76. The normalized spacial score (nSPS) is 16.7. The van der Waals surface area contributed by atoms with E-state index in [1.54, 1.807) is 17.0 Å². The van der Waals surface area contributed by atoms with Crippen molar-refractivity contribution in [3.63, 3.8) is 0 Å². The summed E-state index contributed by atoms with van der Waals surface area (Å²) in [5.41, 5.74) is 5.38. The van der Waals surface area contributed by atoms with Crippen molar-refractivity contribution in [2.45, 2.75) is 19.3 Å². The summed E-state index contributed by atoms with van der Waals surface area (Å²) in [6.07, 6.45) is 1.72. The van der Waals surface area contributed by atoms with Crippen LogP contribution in [-0.2, 0) is 9.59 Å². The lowest BCUT2D eigenvalue weighted by molar-refractivity contribution is -0.136. The summed E-state index contributed by atoms with van der Waals surface area (Å²) >= 11 is 0. The van der Waals surface area contributed by atoms with Gasteiger partial charge in [0.1, 0.15) is 0 Å². The van der Waals surface area contributed by atoms with Gasteiger partial charge in [-0.15, -0.1) is 12.4 Å². The molecule has 0 aromatic heterocycles. The predicted octanol–water partition coefficient (Wildman–Crippen LogP) is 1.33. The number of nitrogens with two attached hydrogens (primary N) is 1. The summed E-state index contributed by atoms with van der Waals surface area (Å²) in [6.45, 7) is 2.00. The van der Waals surface area contributed by atoms with Crippen LogP contribution in [0.5, 0.6) is 5.75 Å². The number of para-hydroxylation sites is 1. The van der Waals surface area contributed by atoms with Crippen LogP contribution in [0, 0.1) is 11.7 Å². The Morgan fingerprint density at radius 3 is 2.84 bits per heavy atom. The average Bonchev–Trinajstić information content (AvgIpc) is 2.61. The number of hydrogen-bond donors (Lipinski definition) is 2. The van der Waals surface area contributed by atoms with Gasteiger partial charge in [-0.2, -0.15) is 0 Å². The van der Waals surface area contributed by atoms with Gasteiger partial charge in [0.25, 0.3) is 0 Å². The lowest BCUT2D eigenvalue weighted by Gasteiger charge is -2.32. The second-order valence-electron chi connectivity index (χ2n) is 5.79. The number of amides is 2. The van der Waals surface area contributed by atoms with Crippen molar-refractivity contribution >= 4 is 24.2 Å². The van der Waals surface area contributed by atoms with Gasteiger partial charge in [0.2, 0.25) is 11.8 Å². The van der Waals surface area contributed by atoms with Crippen molar-refractivity contribution in [2.75, 3.05) is 32.8 Å². The maximum Gasteiger partial charge on any atom is 0.226 e. The SMILES string of the molecule is Cl.NCCNC(=O)C1CCCN(C(=O)CCOc2ccccc2F)C1. The van der Waals surface area contributed by atoms with Crippen LogP contribution in [0.2, 0.25) is 0 Å². The first-order valence-corrected chi connectivity index (χ1v) is 8.24. The molecule has 3 N–H and O–H groups in total. The van der Waals surface area contributed by atoms with E-state index in [0.717, 1.165) is 12.8 Å². The molecule has 2 rings (SSSR count). The molecule has 140 valence electrons. The second kappa shape index (κ2) is 10.9. The first-order valence-electron chi connectivity index (χ1n) is 8.24. The zero-order chi connectivity index (χ0) is 17.4. The topological polar surface area (TPSA) is 84.7 Å². The molecule has 1 fully saturated rings. The highest BCUT2D eigenvalue weighted by atomic mass is 35.5. The first-order chi connectivity index (χ1) is 11.6. The predicted molar refractivity (Wildman–Crippen MR) is 95.1 cm³/mol. The third kappa shape index (κ3) is 6.51. The number of benzene rings is 1. The van der Waals surface area contributed by atoms with Gasteiger partial charge in [0, 0.05) is 26.2 Å². The largest absolute Gasteiger partial charge is 0.490 e. The molecule has 25 heavy (non-hydrogen) atoms. The van der Waals surface area contributed by atoms with E-state index in [2.05, 4.69) is 5.32 Å². The molecule has 8 heteroatoms. The van der Waals surface area contributed by atoms with Crippen LogP contribution >= 0.6 is 12.4 Å². The molecule has 1 unspecified atom stereocenters. The van der Waals surface area contributed by atoms with E-state index in [1.165, 1.54) is 12.1 Å². The van der Waals surface area contributed by atoms with E-state index in [1.807, 2.05) is 0 Å². The van der Waals surface area contributed by atoms with E-state index in [-0.39, 0.29) is 48.9 Å². The monoisotopic (exact) mass is 373 g/mol. The molecule has 1 saturated heterocycles. The molecular formula is C17H25ClFN3O3. The lowest BCUT2D eigenvalue weighted by Crippen LogP contribution is -2.46. The minimum atomic E-state index is -0.445. The van der Waals surface area contributed by atoms with Crippen molar-refractivity contribution in [2.24, 2.45) is 11.7 Å². The molecule has 1 aromatic carbocycles. The summed E-state index contributed by atoms with van der Waals surface area (Å²) < 4.78 is 18.7. The first kappa shape index (κ1) is 21.2. The van der Waals surface area contributed by atoms with Crippen LogP contribution in [0.4, 0.5) is 4.39 Å². The summed E-state index contributed by atoms with van der Waals surface area (Å²) in [4.78, 5) is 25.9. The number of nitrogens with one attached hydrogen (secondary N) is 1. The minimum Gasteiger partial charge on any atom is -0.490 e. The van der Waals surface area contributed by atoms with E-state index in [9.17, 15) is 14.0 Å².